The highest BCUT2D eigenvalue weighted by Gasteiger charge is 2.32. The van der Waals surface area contributed by atoms with Crippen molar-refractivity contribution in [2.24, 2.45) is 11.3 Å². The highest BCUT2D eigenvalue weighted by atomic mass is 35.5. The van der Waals surface area contributed by atoms with Crippen LogP contribution >= 0.6 is 22.9 Å². The lowest BCUT2D eigenvalue weighted by Crippen LogP contribution is -2.57. The van der Waals surface area contributed by atoms with Gasteiger partial charge in [0, 0.05) is 48.7 Å². The Morgan fingerprint density at radius 1 is 0.882 bits per heavy atom. The molecule has 1 saturated heterocycles. The number of urea groups is 1. The average molecular weight is 738 g/mol. The molecule has 2 heterocycles. The van der Waals surface area contributed by atoms with E-state index in [0.29, 0.717) is 50.5 Å². The number of carbonyl (C=O) groups excluding carboxylic acids is 5. The van der Waals surface area contributed by atoms with Gasteiger partial charge in [-0.3, -0.25) is 19.2 Å². The monoisotopic (exact) mass is 737 g/mol. The third-order valence-corrected chi connectivity index (χ3v) is 9.63. The molecule has 4 rings (SSSR count). The molecule has 2 aromatic carbocycles. The van der Waals surface area contributed by atoms with Crippen LogP contribution in [-0.4, -0.2) is 71.3 Å². The van der Waals surface area contributed by atoms with Gasteiger partial charge in [-0.1, -0.05) is 80.9 Å². The van der Waals surface area contributed by atoms with Gasteiger partial charge in [0.15, 0.2) is 0 Å². The van der Waals surface area contributed by atoms with Crippen LogP contribution in [0.2, 0.25) is 5.02 Å². The summed E-state index contributed by atoms with van der Waals surface area (Å²) in [6.45, 7) is 7.41. The predicted octanol–water partition coefficient (Wildman–Crippen LogP) is 4.19. The van der Waals surface area contributed by atoms with Crippen LogP contribution < -0.4 is 26.6 Å². The number of nitrogens with zero attached hydrogens (tertiary/aromatic N) is 2. The van der Waals surface area contributed by atoms with Gasteiger partial charge < -0.3 is 31.5 Å². The molecule has 0 radical (unpaired) electrons. The van der Waals surface area contributed by atoms with Crippen LogP contribution in [0.25, 0.3) is 0 Å². The van der Waals surface area contributed by atoms with Gasteiger partial charge >= 0.3 is 6.03 Å². The summed E-state index contributed by atoms with van der Waals surface area (Å²) in [5, 5.41) is 17.4. The summed E-state index contributed by atoms with van der Waals surface area (Å²) in [5.74, 6) is -1.84. The maximum Gasteiger partial charge on any atom is 0.318 e. The fourth-order valence-electron chi connectivity index (χ4n) is 5.51. The van der Waals surface area contributed by atoms with Crippen LogP contribution in [-0.2, 0) is 38.7 Å². The van der Waals surface area contributed by atoms with E-state index in [-0.39, 0.29) is 36.6 Å². The van der Waals surface area contributed by atoms with Gasteiger partial charge in [-0.15, -0.1) is 11.3 Å². The molecule has 3 aromatic rings. The minimum absolute atomic E-state index is 0.0904. The molecule has 274 valence electrons. The zero-order chi connectivity index (χ0) is 36.8. The van der Waals surface area contributed by atoms with Crippen molar-refractivity contribution in [2.45, 2.75) is 78.0 Å². The van der Waals surface area contributed by atoms with E-state index in [1.165, 1.54) is 11.3 Å². The van der Waals surface area contributed by atoms with E-state index < -0.39 is 35.8 Å². The summed E-state index contributed by atoms with van der Waals surface area (Å²) in [6.07, 6.45) is 3.04. The molecule has 12 nitrogen and oxygen atoms in total. The van der Waals surface area contributed by atoms with Crippen LogP contribution in [0, 0.1) is 11.3 Å². The number of carbonyl (C=O) groups is 5. The van der Waals surface area contributed by atoms with Crippen LogP contribution in [0.15, 0.2) is 66.2 Å². The van der Waals surface area contributed by atoms with E-state index >= 15 is 0 Å². The van der Waals surface area contributed by atoms with Crippen LogP contribution in [0.3, 0.4) is 0 Å². The van der Waals surface area contributed by atoms with E-state index in [9.17, 15) is 24.0 Å². The largest absolute Gasteiger partial charge is 0.355 e. The molecule has 6 amide bonds. The second-order valence-electron chi connectivity index (χ2n) is 13.8. The van der Waals surface area contributed by atoms with Gasteiger partial charge in [0.1, 0.15) is 17.1 Å². The number of benzene rings is 2. The van der Waals surface area contributed by atoms with Crippen LogP contribution in [0.1, 0.15) is 62.6 Å². The van der Waals surface area contributed by atoms with Crippen molar-refractivity contribution < 1.29 is 24.0 Å². The highest BCUT2D eigenvalue weighted by Crippen LogP contribution is 2.19. The van der Waals surface area contributed by atoms with Crippen LogP contribution in [0.4, 0.5) is 4.79 Å². The standard InChI is InChI=1S/C37H48ClN7O5S/c1-37(2,3)24-42-31(46)21-30(44-36(50)45-18-15-26(16-19-45)33(47)41-23-32-39-17-20-51-32)35(49)43-29(14-13-25-9-5-4-6-10-25)34(48)40-22-27-11-7-8-12-28(27)38/h4-12,17,20,26,29-30H,13-16,18-19,21-24H2,1-3H3,(H,40,48)(H,41,47)(H,42,46)(H,43,49)(H,44,50)/t29-,30-/m0/s1. The number of nitrogens with one attached hydrogen (secondary N) is 5. The number of aryl methyl sites for hydroxylation is 1. The Balaban J connectivity index is 1.42. The molecule has 1 aliphatic rings. The first kappa shape index (κ1) is 39.3. The number of amides is 6. The lowest BCUT2D eigenvalue weighted by molar-refractivity contribution is -0.131. The fraction of sp³-hybridized carbons (Fsp3) is 0.459. The first-order valence-electron chi connectivity index (χ1n) is 17.2. The molecule has 1 fully saturated rings. The lowest BCUT2D eigenvalue weighted by Gasteiger charge is -2.32. The molecule has 5 N–H and O–H groups in total. The number of hydrogen-bond donors (Lipinski definition) is 5. The zero-order valence-corrected chi connectivity index (χ0v) is 30.9. The molecule has 14 heteroatoms. The van der Waals surface area contributed by atoms with E-state index in [1.807, 2.05) is 62.5 Å². The molecule has 51 heavy (non-hydrogen) atoms. The molecule has 1 aliphatic heterocycles. The van der Waals surface area contributed by atoms with Gasteiger partial charge in [-0.05, 0) is 48.3 Å². The number of likely N-dealkylation sites (tertiary alicyclic amines) is 1. The van der Waals surface area contributed by atoms with Crippen molar-refractivity contribution >= 4 is 52.6 Å². The van der Waals surface area contributed by atoms with Crippen LogP contribution in [0.5, 0.6) is 0 Å². The Labute approximate surface area is 308 Å². The minimum atomic E-state index is -1.26. The van der Waals surface area contributed by atoms with Crippen molar-refractivity contribution in [1.29, 1.82) is 0 Å². The Hall–Kier alpha value is -4.49. The Bertz CT molecular complexity index is 1610. The van der Waals surface area contributed by atoms with Gasteiger partial charge in [0.05, 0.1) is 13.0 Å². The number of rotatable bonds is 15. The Kier molecular flexibility index (Phi) is 14.8. The number of thiazole rings is 1. The average Bonchev–Trinajstić information content (AvgIpc) is 3.64. The second-order valence-corrected chi connectivity index (χ2v) is 15.2. The van der Waals surface area contributed by atoms with Gasteiger partial charge in [-0.25, -0.2) is 9.78 Å². The van der Waals surface area contributed by atoms with E-state index in [2.05, 4.69) is 31.6 Å². The zero-order valence-electron chi connectivity index (χ0n) is 29.4. The number of hydrogen-bond acceptors (Lipinski definition) is 7. The summed E-state index contributed by atoms with van der Waals surface area (Å²) in [7, 11) is 0. The molecule has 0 bridgehead atoms. The second kappa shape index (κ2) is 19.2. The summed E-state index contributed by atoms with van der Waals surface area (Å²) in [6, 6.07) is 14.0. The molecule has 0 saturated carbocycles. The molecule has 2 atom stereocenters. The molecular formula is C37H48ClN7O5S. The van der Waals surface area contributed by atoms with Gasteiger partial charge in [0.25, 0.3) is 0 Å². The van der Waals surface area contributed by atoms with E-state index in [4.69, 9.17) is 11.6 Å². The third kappa shape index (κ3) is 13.3. The lowest BCUT2D eigenvalue weighted by atomic mass is 9.96. The van der Waals surface area contributed by atoms with Crippen molar-refractivity contribution in [3.8, 4) is 0 Å². The fourth-order valence-corrected chi connectivity index (χ4v) is 6.27. The predicted molar refractivity (Wildman–Crippen MR) is 198 cm³/mol. The van der Waals surface area contributed by atoms with Crippen molar-refractivity contribution in [2.75, 3.05) is 19.6 Å². The topological polar surface area (TPSA) is 162 Å². The van der Waals surface area contributed by atoms with Crippen molar-refractivity contribution in [1.82, 2.24) is 36.5 Å². The number of piperidine rings is 1. The molecule has 0 spiro atoms. The molecule has 0 aliphatic carbocycles. The summed E-state index contributed by atoms with van der Waals surface area (Å²) >= 11 is 7.77. The Morgan fingerprint density at radius 3 is 2.25 bits per heavy atom. The van der Waals surface area contributed by atoms with Crippen molar-refractivity contribution in [3.63, 3.8) is 0 Å². The van der Waals surface area contributed by atoms with Gasteiger partial charge in [-0.2, -0.15) is 0 Å². The molecule has 0 unspecified atom stereocenters. The maximum absolute atomic E-state index is 13.9. The first-order valence-corrected chi connectivity index (χ1v) is 18.5. The minimum Gasteiger partial charge on any atom is -0.355 e. The quantitative estimate of drug-likeness (QED) is 0.157. The molecular weight excluding hydrogens is 690 g/mol. The normalized spacial score (nSPS) is 14.5. The third-order valence-electron chi connectivity index (χ3n) is 8.48. The van der Waals surface area contributed by atoms with Gasteiger partial charge in [0.2, 0.25) is 23.6 Å². The summed E-state index contributed by atoms with van der Waals surface area (Å²) in [4.78, 5) is 72.4. The summed E-state index contributed by atoms with van der Waals surface area (Å²) < 4.78 is 0. The number of halogens is 1. The van der Waals surface area contributed by atoms with E-state index in [1.54, 1.807) is 29.3 Å². The SMILES string of the molecule is CC(C)(C)CNC(=O)C[C@H](NC(=O)N1CCC(C(=O)NCc2nccs2)CC1)C(=O)N[C@@H](CCc1ccccc1)C(=O)NCc1ccccc1Cl. The smallest absolute Gasteiger partial charge is 0.318 e. The maximum atomic E-state index is 13.9. The first-order chi connectivity index (χ1) is 24.4. The van der Waals surface area contributed by atoms with Crippen molar-refractivity contribution in [3.05, 3.63) is 87.3 Å². The summed E-state index contributed by atoms with van der Waals surface area (Å²) in [5.41, 5.74) is 1.51. The highest BCUT2D eigenvalue weighted by molar-refractivity contribution is 7.09. The van der Waals surface area contributed by atoms with E-state index in [0.717, 1.165) is 16.1 Å². The number of aromatic nitrogens is 1. The molecule has 1 aromatic heterocycles. The Morgan fingerprint density at radius 2 is 1.59 bits per heavy atom.